The molecule has 2 heterocycles. The summed E-state index contributed by atoms with van der Waals surface area (Å²) < 4.78 is 22.0. The Morgan fingerprint density at radius 2 is 1.81 bits per heavy atom. The van der Waals surface area contributed by atoms with Gasteiger partial charge in [0, 0.05) is 77.8 Å². The van der Waals surface area contributed by atoms with Crippen molar-refractivity contribution >= 4 is 12.0 Å². The highest BCUT2D eigenvalue weighted by atomic mass is 16.6. The third-order valence-electron chi connectivity index (χ3n) is 7.24. The van der Waals surface area contributed by atoms with Gasteiger partial charge in [-0.05, 0) is 50.3 Å². The number of hydrogen-bond acceptors (Lipinski definition) is 7. The zero-order valence-corrected chi connectivity index (χ0v) is 23.2. The largest absolute Gasteiger partial charge is 0.493 e. The lowest BCUT2D eigenvalue weighted by Crippen LogP contribution is -2.44. The van der Waals surface area contributed by atoms with E-state index in [-0.39, 0.29) is 36.0 Å². The van der Waals surface area contributed by atoms with Crippen molar-refractivity contribution < 1.29 is 28.5 Å². The molecule has 0 radical (unpaired) electrons. The fourth-order valence-electron chi connectivity index (χ4n) is 4.89. The van der Waals surface area contributed by atoms with Crippen LogP contribution in [0.3, 0.4) is 0 Å². The maximum Gasteiger partial charge on any atom is 0.409 e. The normalized spacial score (nSPS) is 20.2. The number of hydrogen-bond donors (Lipinski definition) is 1. The molecule has 1 aromatic rings. The van der Waals surface area contributed by atoms with E-state index in [2.05, 4.69) is 5.32 Å². The molecule has 0 saturated carbocycles. The predicted octanol–water partition coefficient (Wildman–Crippen LogP) is 3.34. The van der Waals surface area contributed by atoms with Crippen LogP contribution in [-0.4, -0.2) is 101 Å². The van der Waals surface area contributed by atoms with E-state index in [1.165, 1.54) is 0 Å². The van der Waals surface area contributed by atoms with Gasteiger partial charge in [0.1, 0.15) is 11.9 Å². The fourth-order valence-corrected chi connectivity index (χ4v) is 4.89. The number of nitrogens with one attached hydrogen (secondary N) is 1. The molecule has 2 amide bonds. The molecular weight excluding hydrogens is 474 g/mol. The molecule has 3 rings (SSSR count). The topological polar surface area (TPSA) is 89.6 Å². The lowest BCUT2D eigenvalue weighted by atomic mass is 9.94. The first-order valence-electron chi connectivity index (χ1n) is 13.5. The van der Waals surface area contributed by atoms with Crippen molar-refractivity contribution in [1.82, 2.24) is 15.1 Å². The average molecular weight is 520 g/mol. The first kappa shape index (κ1) is 29.2. The standard InChI is InChI=1S/C28H45N3O6/c1-20(2)31(27(32)22-8-7-21(3)26(15-22)36-12-6-11-34-5)19-24-17-29-16-23(24)18-30(4)28(33)37-25-9-13-35-14-10-25/h7-8,15,20,23-25,29H,6,9-14,16-19H2,1-5H3/t23-,24-/m0/s1. The quantitative estimate of drug-likeness (QED) is 0.424. The fraction of sp³-hybridized carbons (Fsp3) is 0.714. The highest BCUT2D eigenvalue weighted by molar-refractivity contribution is 5.95. The molecule has 0 bridgehead atoms. The Labute approximate surface area is 221 Å². The minimum Gasteiger partial charge on any atom is -0.493 e. The Hall–Kier alpha value is -2.36. The van der Waals surface area contributed by atoms with Crippen molar-refractivity contribution in [2.24, 2.45) is 11.8 Å². The van der Waals surface area contributed by atoms with Crippen LogP contribution in [0, 0.1) is 18.8 Å². The summed E-state index contributed by atoms with van der Waals surface area (Å²) in [5, 5.41) is 3.46. The van der Waals surface area contributed by atoms with E-state index in [4.69, 9.17) is 18.9 Å². The van der Waals surface area contributed by atoms with Gasteiger partial charge < -0.3 is 34.1 Å². The summed E-state index contributed by atoms with van der Waals surface area (Å²) in [5.41, 5.74) is 1.63. The van der Waals surface area contributed by atoms with Gasteiger partial charge in [-0.3, -0.25) is 4.79 Å². The van der Waals surface area contributed by atoms with Crippen molar-refractivity contribution in [3.8, 4) is 5.75 Å². The first-order valence-corrected chi connectivity index (χ1v) is 13.5. The van der Waals surface area contributed by atoms with Gasteiger partial charge in [-0.1, -0.05) is 6.07 Å². The summed E-state index contributed by atoms with van der Waals surface area (Å²) in [7, 11) is 3.47. The summed E-state index contributed by atoms with van der Waals surface area (Å²) in [5.74, 6) is 1.20. The van der Waals surface area contributed by atoms with E-state index < -0.39 is 0 Å². The van der Waals surface area contributed by atoms with Crippen LogP contribution in [0.25, 0.3) is 0 Å². The Balaban J connectivity index is 1.60. The molecule has 0 spiro atoms. The van der Waals surface area contributed by atoms with Gasteiger partial charge >= 0.3 is 6.09 Å². The van der Waals surface area contributed by atoms with Crippen molar-refractivity contribution in [3.63, 3.8) is 0 Å². The lowest BCUT2D eigenvalue weighted by molar-refractivity contribution is -0.00953. The summed E-state index contributed by atoms with van der Waals surface area (Å²) >= 11 is 0. The zero-order valence-electron chi connectivity index (χ0n) is 23.2. The second-order valence-corrected chi connectivity index (χ2v) is 10.5. The van der Waals surface area contributed by atoms with E-state index >= 15 is 0 Å². The number of ether oxygens (including phenoxy) is 4. The molecule has 1 aromatic carbocycles. The van der Waals surface area contributed by atoms with E-state index in [1.807, 2.05) is 43.9 Å². The molecular formula is C28H45N3O6. The van der Waals surface area contributed by atoms with Gasteiger partial charge in [-0.2, -0.15) is 0 Å². The maximum absolute atomic E-state index is 13.6. The van der Waals surface area contributed by atoms with Crippen molar-refractivity contribution in [3.05, 3.63) is 29.3 Å². The number of carbonyl (C=O) groups excluding carboxylic acids is 2. The van der Waals surface area contributed by atoms with Crippen LogP contribution in [0.4, 0.5) is 4.79 Å². The Kier molecular flexibility index (Phi) is 11.5. The number of nitrogens with zero attached hydrogens (tertiary/aromatic N) is 2. The van der Waals surface area contributed by atoms with Gasteiger partial charge in [0.25, 0.3) is 5.91 Å². The summed E-state index contributed by atoms with van der Waals surface area (Å²) in [6.07, 6.45) is 1.93. The third kappa shape index (κ3) is 8.58. The maximum atomic E-state index is 13.6. The van der Waals surface area contributed by atoms with Gasteiger partial charge in [0.2, 0.25) is 0 Å². The number of benzene rings is 1. The van der Waals surface area contributed by atoms with E-state index in [0.717, 1.165) is 43.7 Å². The van der Waals surface area contributed by atoms with Crippen LogP contribution in [0.1, 0.15) is 49.0 Å². The molecule has 0 aromatic heterocycles. The Bertz CT molecular complexity index is 873. The van der Waals surface area contributed by atoms with Crippen LogP contribution in [0.2, 0.25) is 0 Å². The molecule has 0 aliphatic carbocycles. The lowest BCUT2D eigenvalue weighted by Gasteiger charge is -2.33. The molecule has 2 fully saturated rings. The number of carbonyl (C=O) groups is 2. The van der Waals surface area contributed by atoms with Crippen molar-refractivity contribution in [2.75, 3.05) is 66.8 Å². The molecule has 9 nitrogen and oxygen atoms in total. The monoisotopic (exact) mass is 519 g/mol. The number of rotatable bonds is 12. The molecule has 2 aliphatic rings. The van der Waals surface area contributed by atoms with Crippen LogP contribution in [0.5, 0.6) is 5.75 Å². The van der Waals surface area contributed by atoms with Crippen LogP contribution in [-0.2, 0) is 14.2 Å². The van der Waals surface area contributed by atoms with Crippen LogP contribution >= 0.6 is 0 Å². The molecule has 37 heavy (non-hydrogen) atoms. The second-order valence-electron chi connectivity index (χ2n) is 10.5. The molecule has 0 unspecified atom stereocenters. The molecule has 2 atom stereocenters. The molecule has 208 valence electrons. The second kappa shape index (κ2) is 14.5. The smallest absolute Gasteiger partial charge is 0.409 e. The van der Waals surface area contributed by atoms with Gasteiger partial charge in [0.05, 0.1) is 19.8 Å². The van der Waals surface area contributed by atoms with Crippen molar-refractivity contribution in [2.45, 2.75) is 52.2 Å². The molecule has 2 saturated heterocycles. The third-order valence-corrected chi connectivity index (χ3v) is 7.24. The number of aryl methyl sites for hydroxylation is 1. The summed E-state index contributed by atoms with van der Waals surface area (Å²) in [6.45, 7) is 11.4. The summed E-state index contributed by atoms with van der Waals surface area (Å²) in [6, 6.07) is 5.71. The van der Waals surface area contributed by atoms with Gasteiger partial charge in [-0.15, -0.1) is 0 Å². The Morgan fingerprint density at radius 1 is 1.11 bits per heavy atom. The van der Waals surface area contributed by atoms with Crippen LogP contribution in [0.15, 0.2) is 18.2 Å². The van der Waals surface area contributed by atoms with Crippen LogP contribution < -0.4 is 10.1 Å². The van der Waals surface area contributed by atoms with Crippen molar-refractivity contribution in [1.29, 1.82) is 0 Å². The molecule has 2 aliphatic heterocycles. The van der Waals surface area contributed by atoms with E-state index in [0.29, 0.717) is 45.1 Å². The zero-order chi connectivity index (χ0) is 26.8. The number of methoxy groups -OCH3 is 1. The SMILES string of the molecule is COCCCOc1cc(C(=O)N(C[C@@H]2CNC[C@H]2CN(C)C(=O)OC2CCOCC2)C(C)C)ccc1C. The van der Waals surface area contributed by atoms with E-state index in [1.54, 1.807) is 19.1 Å². The minimum atomic E-state index is -0.285. The van der Waals surface area contributed by atoms with Gasteiger partial charge in [0.15, 0.2) is 0 Å². The molecule has 9 heteroatoms. The Morgan fingerprint density at radius 3 is 2.49 bits per heavy atom. The predicted molar refractivity (Wildman–Crippen MR) is 142 cm³/mol. The first-order chi connectivity index (χ1) is 17.8. The average Bonchev–Trinajstić information content (AvgIpc) is 3.32. The van der Waals surface area contributed by atoms with Gasteiger partial charge in [-0.25, -0.2) is 4.79 Å². The molecule has 1 N–H and O–H groups in total. The highest BCUT2D eigenvalue weighted by Crippen LogP contribution is 2.25. The number of amides is 2. The highest BCUT2D eigenvalue weighted by Gasteiger charge is 2.33. The minimum absolute atomic E-state index is 0.00493. The summed E-state index contributed by atoms with van der Waals surface area (Å²) in [4.78, 5) is 29.9. The van der Waals surface area contributed by atoms with E-state index in [9.17, 15) is 9.59 Å².